The lowest BCUT2D eigenvalue weighted by Crippen LogP contribution is -3.07. The minimum Gasteiger partial charge on any atom is -0.315 e. The number of benzene rings is 2. The van der Waals surface area contributed by atoms with Crippen molar-refractivity contribution in [2.45, 2.75) is 27.1 Å². The molecule has 3 rings (SSSR count). The van der Waals surface area contributed by atoms with E-state index in [0.717, 1.165) is 23.1 Å². The summed E-state index contributed by atoms with van der Waals surface area (Å²) < 4.78 is 4.62. The van der Waals surface area contributed by atoms with E-state index in [-0.39, 0.29) is 0 Å². The molecule has 0 fully saturated rings. The van der Waals surface area contributed by atoms with E-state index in [1.54, 1.807) is 0 Å². The van der Waals surface area contributed by atoms with Gasteiger partial charge in [0.25, 0.3) is 0 Å². The minimum absolute atomic E-state index is 0.699. The highest BCUT2D eigenvalue weighted by atomic mass is 35.5. The van der Waals surface area contributed by atoms with Crippen LogP contribution in [0.1, 0.15) is 17.0 Å². The largest absolute Gasteiger partial charge is 0.315 e. The van der Waals surface area contributed by atoms with Crippen LogP contribution in [0.15, 0.2) is 48.5 Å². The molecule has 6 heteroatoms. The van der Waals surface area contributed by atoms with Crippen molar-refractivity contribution in [1.82, 2.24) is 14.3 Å². The smallest absolute Gasteiger partial charge is 0.207 e. The van der Waals surface area contributed by atoms with Crippen LogP contribution in [0.2, 0.25) is 5.02 Å². The Morgan fingerprint density at radius 3 is 2.52 bits per heavy atom. The third-order valence-electron chi connectivity index (χ3n) is 4.11. The first-order valence-electron chi connectivity index (χ1n) is 8.23. The van der Waals surface area contributed by atoms with Gasteiger partial charge in [0.2, 0.25) is 4.77 Å². The van der Waals surface area contributed by atoms with E-state index in [1.807, 2.05) is 34.4 Å². The summed E-state index contributed by atoms with van der Waals surface area (Å²) in [6.07, 6.45) is 0. The molecule has 0 amide bonds. The highest BCUT2D eigenvalue weighted by Crippen LogP contribution is 2.13. The Labute approximate surface area is 158 Å². The second kappa shape index (κ2) is 7.52. The number of aromatic nitrogens is 3. The molecule has 0 saturated carbocycles. The predicted molar refractivity (Wildman–Crippen MR) is 104 cm³/mol. The number of nitrogens with zero attached hydrogens (tertiary/aromatic N) is 3. The standard InChI is InChI=1S/C19H21ClN4S/c1-14-7-9-18(10-8-14)24-15(2)21-23(19(24)25)13-22(3)12-16-5-4-6-17(20)11-16/h4-11H,12-13H2,1-3H3/p+1. The third kappa shape index (κ3) is 4.18. The summed E-state index contributed by atoms with van der Waals surface area (Å²) in [4.78, 5) is 1.28. The monoisotopic (exact) mass is 373 g/mol. The van der Waals surface area contributed by atoms with Crippen LogP contribution in [0, 0.1) is 18.6 Å². The molecule has 1 aromatic heterocycles. The molecule has 0 bridgehead atoms. The van der Waals surface area contributed by atoms with E-state index in [2.05, 4.69) is 49.4 Å². The van der Waals surface area contributed by atoms with E-state index in [4.69, 9.17) is 23.8 Å². The molecule has 4 nitrogen and oxygen atoms in total. The van der Waals surface area contributed by atoms with Crippen molar-refractivity contribution in [1.29, 1.82) is 0 Å². The number of hydrogen-bond acceptors (Lipinski definition) is 2. The molecular weight excluding hydrogens is 352 g/mol. The molecule has 1 heterocycles. The number of quaternary nitrogens is 1. The van der Waals surface area contributed by atoms with Gasteiger partial charge in [0.05, 0.1) is 7.05 Å². The third-order valence-corrected chi connectivity index (χ3v) is 4.74. The molecule has 0 spiro atoms. The molecule has 1 atom stereocenters. The van der Waals surface area contributed by atoms with Gasteiger partial charge >= 0.3 is 0 Å². The lowest BCUT2D eigenvalue weighted by Gasteiger charge is -2.14. The zero-order valence-corrected chi connectivity index (χ0v) is 16.2. The Bertz CT molecular complexity index is 927. The van der Waals surface area contributed by atoms with E-state index in [9.17, 15) is 0 Å². The molecule has 0 aliphatic heterocycles. The Kier molecular flexibility index (Phi) is 5.37. The van der Waals surface area contributed by atoms with Gasteiger partial charge in [-0.15, -0.1) is 0 Å². The lowest BCUT2D eigenvalue weighted by atomic mass is 10.2. The molecule has 130 valence electrons. The van der Waals surface area contributed by atoms with E-state index >= 15 is 0 Å². The maximum atomic E-state index is 6.07. The van der Waals surface area contributed by atoms with Crippen molar-refractivity contribution in [3.8, 4) is 5.69 Å². The average molecular weight is 374 g/mol. The molecule has 0 aliphatic rings. The number of halogens is 1. The Balaban J connectivity index is 1.80. The van der Waals surface area contributed by atoms with E-state index in [0.29, 0.717) is 11.4 Å². The normalized spacial score (nSPS) is 12.3. The molecule has 25 heavy (non-hydrogen) atoms. The van der Waals surface area contributed by atoms with Gasteiger partial charge in [0.1, 0.15) is 12.4 Å². The number of nitrogens with one attached hydrogen (secondary N) is 1. The van der Waals surface area contributed by atoms with Crippen molar-refractivity contribution in [2.75, 3.05) is 7.05 Å². The van der Waals surface area contributed by atoms with Crippen LogP contribution in [0.3, 0.4) is 0 Å². The summed E-state index contributed by atoms with van der Waals surface area (Å²) in [6.45, 7) is 5.62. The maximum Gasteiger partial charge on any atom is 0.207 e. The molecule has 0 aliphatic carbocycles. The fraction of sp³-hybridized carbons (Fsp3) is 0.263. The molecule has 2 aromatic carbocycles. The first-order chi connectivity index (χ1) is 11.9. The maximum absolute atomic E-state index is 6.07. The fourth-order valence-corrected chi connectivity index (χ4v) is 3.47. The summed E-state index contributed by atoms with van der Waals surface area (Å²) >= 11 is 11.7. The number of aryl methyl sites for hydroxylation is 2. The number of rotatable bonds is 5. The van der Waals surface area contributed by atoms with Gasteiger partial charge in [0.15, 0.2) is 6.67 Å². The summed E-state index contributed by atoms with van der Waals surface area (Å²) in [5.74, 6) is 0.893. The topological polar surface area (TPSA) is 27.2 Å². The van der Waals surface area contributed by atoms with Crippen LogP contribution >= 0.6 is 23.8 Å². The molecular formula is C19H22ClN4S+. The molecule has 0 saturated heterocycles. The molecule has 1 unspecified atom stereocenters. The highest BCUT2D eigenvalue weighted by Gasteiger charge is 2.12. The van der Waals surface area contributed by atoms with Crippen LogP contribution in [0.4, 0.5) is 0 Å². The zero-order chi connectivity index (χ0) is 18.0. The van der Waals surface area contributed by atoms with Gasteiger partial charge in [0, 0.05) is 16.3 Å². The van der Waals surface area contributed by atoms with Crippen molar-refractivity contribution in [3.05, 3.63) is 75.3 Å². The second-order valence-electron chi connectivity index (χ2n) is 6.42. The molecule has 3 aromatic rings. The van der Waals surface area contributed by atoms with Crippen LogP contribution < -0.4 is 4.90 Å². The van der Waals surface area contributed by atoms with Crippen molar-refractivity contribution < 1.29 is 4.90 Å². The quantitative estimate of drug-likeness (QED) is 0.694. The van der Waals surface area contributed by atoms with Crippen LogP contribution in [0.25, 0.3) is 5.69 Å². The van der Waals surface area contributed by atoms with Crippen molar-refractivity contribution in [2.24, 2.45) is 0 Å². The molecule has 0 radical (unpaired) electrons. The van der Waals surface area contributed by atoms with Crippen molar-refractivity contribution >= 4 is 23.8 Å². The SMILES string of the molecule is Cc1ccc(-n2c(C)nn(C[NH+](C)Cc3cccc(Cl)c3)c2=S)cc1. The first kappa shape index (κ1) is 17.9. The summed E-state index contributed by atoms with van der Waals surface area (Å²) in [5, 5.41) is 5.40. The van der Waals surface area contributed by atoms with Gasteiger partial charge in [-0.2, -0.15) is 9.78 Å². The van der Waals surface area contributed by atoms with Crippen molar-refractivity contribution in [3.63, 3.8) is 0 Å². The van der Waals surface area contributed by atoms with E-state index in [1.165, 1.54) is 16.0 Å². The zero-order valence-electron chi connectivity index (χ0n) is 14.7. The Morgan fingerprint density at radius 1 is 1.12 bits per heavy atom. The first-order valence-corrected chi connectivity index (χ1v) is 9.02. The molecule has 1 N–H and O–H groups in total. The second-order valence-corrected chi connectivity index (χ2v) is 7.22. The highest BCUT2D eigenvalue weighted by molar-refractivity contribution is 7.71. The van der Waals surface area contributed by atoms with E-state index < -0.39 is 0 Å². The van der Waals surface area contributed by atoms with Gasteiger partial charge in [-0.3, -0.25) is 4.57 Å². The number of hydrogen-bond donors (Lipinski definition) is 1. The Morgan fingerprint density at radius 2 is 1.84 bits per heavy atom. The predicted octanol–water partition coefficient (Wildman–Crippen LogP) is 3.35. The van der Waals surface area contributed by atoms with Gasteiger partial charge in [-0.05, 0) is 50.3 Å². The van der Waals surface area contributed by atoms with Crippen LogP contribution in [-0.2, 0) is 13.2 Å². The lowest BCUT2D eigenvalue weighted by molar-refractivity contribution is -0.917. The fourth-order valence-electron chi connectivity index (χ4n) is 2.92. The van der Waals surface area contributed by atoms with Crippen LogP contribution in [0.5, 0.6) is 0 Å². The minimum atomic E-state index is 0.699. The Hall–Kier alpha value is -1.95. The summed E-state index contributed by atoms with van der Waals surface area (Å²) in [7, 11) is 2.13. The summed E-state index contributed by atoms with van der Waals surface area (Å²) in [6, 6.07) is 16.3. The summed E-state index contributed by atoms with van der Waals surface area (Å²) in [5.41, 5.74) is 3.48. The average Bonchev–Trinajstić information content (AvgIpc) is 2.82. The van der Waals surface area contributed by atoms with Gasteiger partial charge in [-0.25, -0.2) is 0 Å². The van der Waals surface area contributed by atoms with Gasteiger partial charge in [-0.1, -0.05) is 41.4 Å². The van der Waals surface area contributed by atoms with Crippen LogP contribution in [-0.4, -0.2) is 21.4 Å². The van der Waals surface area contributed by atoms with Gasteiger partial charge < -0.3 is 4.90 Å².